The second-order valence-electron chi connectivity index (χ2n) is 3.10. The molecule has 1 aromatic carbocycles. The van der Waals surface area contributed by atoms with Gasteiger partial charge >= 0.3 is 0 Å². The maximum absolute atomic E-state index is 11.2. The van der Waals surface area contributed by atoms with Crippen LogP contribution >= 0.6 is 11.6 Å². The SMILES string of the molecule is COc1ccc(Cl)c2c1CC(=O)C2. The maximum Gasteiger partial charge on any atom is 0.141 e. The lowest BCUT2D eigenvalue weighted by molar-refractivity contribution is -0.117. The number of halogens is 1. The minimum atomic E-state index is 0.210. The van der Waals surface area contributed by atoms with E-state index in [2.05, 4.69) is 0 Å². The molecule has 0 heterocycles. The van der Waals surface area contributed by atoms with E-state index in [0.29, 0.717) is 17.9 Å². The van der Waals surface area contributed by atoms with Crippen molar-refractivity contribution in [1.29, 1.82) is 0 Å². The van der Waals surface area contributed by atoms with Crippen LogP contribution in [0, 0.1) is 0 Å². The molecule has 0 N–H and O–H groups in total. The molecule has 2 nitrogen and oxygen atoms in total. The average molecular weight is 197 g/mol. The first kappa shape index (κ1) is 8.57. The van der Waals surface area contributed by atoms with Gasteiger partial charge in [0.2, 0.25) is 0 Å². The van der Waals surface area contributed by atoms with Crippen LogP contribution in [-0.4, -0.2) is 12.9 Å². The predicted octanol–water partition coefficient (Wildman–Crippen LogP) is 2.02. The molecule has 0 atom stereocenters. The molecule has 13 heavy (non-hydrogen) atoms. The van der Waals surface area contributed by atoms with Crippen LogP contribution in [0.1, 0.15) is 11.1 Å². The van der Waals surface area contributed by atoms with Gasteiger partial charge < -0.3 is 4.74 Å². The highest BCUT2D eigenvalue weighted by Gasteiger charge is 2.24. The molecular formula is C10H9ClO2. The Morgan fingerprint density at radius 1 is 1.31 bits per heavy atom. The van der Waals surface area contributed by atoms with Crippen molar-refractivity contribution in [3.8, 4) is 5.75 Å². The fraction of sp³-hybridized carbons (Fsp3) is 0.300. The Labute approximate surface area is 81.5 Å². The maximum atomic E-state index is 11.2. The number of ketones is 1. The summed E-state index contributed by atoms with van der Waals surface area (Å²) in [5.41, 5.74) is 1.89. The van der Waals surface area contributed by atoms with Crippen molar-refractivity contribution in [2.24, 2.45) is 0 Å². The molecule has 0 radical (unpaired) electrons. The molecule has 3 heteroatoms. The largest absolute Gasteiger partial charge is 0.496 e. The molecule has 0 bridgehead atoms. The molecule has 1 aliphatic rings. The zero-order chi connectivity index (χ0) is 9.42. The molecule has 0 saturated carbocycles. The van der Waals surface area contributed by atoms with E-state index in [1.165, 1.54) is 0 Å². The number of methoxy groups -OCH3 is 1. The number of ether oxygens (including phenoxy) is 1. The van der Waals surface area contributed by atoms with Crippen LogP contribution in [-0.2, 0) is 17.6 Å². The Hall–Kier alpha value is -1.02. The van der Waals surface area contributed by atoms with Gasteiger partial charge in [-0.3, -0.25) is 4.79 Å². The minimum Gasteiger partial charge on any atom is -0.496 e. The van der Waals surface area contributed by atoms with Crippen LogP contribution in [0.4, 0.5) is 0 Å². The first-order chi connectivity index (χ1) is 6.22. The van der Waals surface area contributed by atoms with Gasteiger partial charge in [-0.05, 0) is 17.7 Å². The molecule has 68 valence electrons. The minimum absolute atomic E-state index is 0.210. The van der Waals surface area contributed by atoms with Crippen LogP contribution < -0.4 is 4.74 Å². The monoisotopic (exact) mass is 196 g/mol. The average Bonchev–Trinajstić information content (AvgIpc) is 2.48. The topological polar surface area (TPSA) is 26.3 Å². The molecule has 1 aromatic rings. The molecule has 0 aliphatic heterocycles. The standard InChI is InChI=1S/C10H9ClO2/c1-13-10-3-2-9(11)7-4-6(12)5-8(7)10/h2-3H,4-5H2,1H3. The second kappa shape index (κ2) is 3.04. The van der Waals surface area contributed by atoms with E-state index in [-0.39, 0.29) is 5.78 Å². The van der Waals surface area contributed by atoms with Gasteiger partial charge in [-0.1, -0.05) is 11.6 Å². The van der Waals surface area contributed by atoms with Crippen LogP contribution in [0.15, 0.2) is 12.1 Å². The van der Waals surface area contributed by atoms with Crippen molar-refractivity contribution in [3.63, 3.8) is 0 Å². The number of Topliss-reactive ketones (excluding diaryl/α,β-unsaturated/α-hetero) is 1. The number of fused-ring (bicyclic) bond motifs is 1. The van der Waals surface area contributed by atoms with E-state index in [0.717, 1.165) is 16.9 Å². The van der Waals surface area contributed by atoms with Crippen molar-refractivity contribution in [1.82, 2.24) is 0 Å². The second-order valence-corrected chi connectivity index (χ2v) is 3.51. The molecule has 0 unspecified atom stereocenters. The van der Waals surface area contributed by atoms with Gasteiger partial charge in [0.05, 0.1) is 7.11 Å². The normalized spacial score (nSPS) is 14.5. The Kier molecular flexibility index (Phi) is 2.00. The third-order valence-electron chi connectivity index (χ3n) is 2.30. The summed E-state index contributed by atoms with van der Waals surface area (Å²) in [7, 11) is 1.60. The Bertz CT molecular complexity index is 371. The Morgan fingerprint density at radius 2 is 2.00 bits per heavy atom. The molecule has 0 amide bonds. The van der Waals surface area contributed by atoms with Crippen LogP contribution in [0.2, 0.25) is 5.02 Å². The van der Waals surface area contributed by atoms with Gasteiger partial charge in [-0.15, -0.1) is 0 Å². The van der Waals surface area contributed by atoms with E-state index >= 15 is 0 Å². The van der Waals surface area contributed by atoms with Crippen molar-refractivity contribution in [3.05, 3.63) is 28.3 Å². The molecule has 1 aliphatic carbocycles. The first-order valence-electron chi connectivity index (χ1n) is 4.08. The smallest absolute Gasteiger partial charge is 0.141 e. The Morgan fingerprint density at radius 3 is 2.69 bits per heavy atom. The summed E-state index contributed by atoms with van der Waals surface area (Å²) >= 11 is 5.96. The first-order valence-corrected chi connectivity index (χ1v) is 4.46. The quantitative estimate of drug-likeness (QED) is 0.687. The fourth-order valence-electron chi connectivity index (χ4n) is 1.68. The van der Waals surface area contributed by atoms with Crippen molar-refractivity contribution in [2.75, 3.05) is 7.11 Å². The summed E-state index contributed by atoms with van der Waals surface area (Å²) in [6.07, 6.45) is 0.907. The van der Waals surface area contributed by atoms with Crippen LogP contribution in [0.5, 0.6) is 5.75 Å². The highest BCUT2D eigenvalue weighted by molar-refractivity contribution is 6.32. The molecule has 0 fully saturated rings. The third kappa shape index (κ3) is 1.31. The highest BCUT2D eigenvalue weighted by atomic mass is 35.5. The van der Waals surface area contributed by atoms with E-state index in [1.54, 1.807) is 19.2 Å². The van der Waals surface area contributed by atoms with Gasteiger partial charge in [0.15, 0.2) is 0 Å². The number of hydrogen-bond donors (Lipinski definition) is 0. The molecular weight excluding hydrogens is 188 g/mol. The summed E-state index contributed by atoms with van der Waals surface area (Å²) in [4.78, 5) is 11.2. The lowest BCUT2D eigenvalue weighted by Gasteiger charge is -2.06. The number of hydrogen-bond acceptors (Lipinski definition) is 2. The molecule has 0 spiro atoms. The van der Waals surface area contributed by atoms with E-state index in [1.807, 2.05) is 0 Å². The van der Waals surface area contributed by atoms with E-state index < -0.39 is 0 Å². The van der Waals surface area contributed by atoms with Gasteiger partial charge in [-0.25, -0.2) is 0 Å². The van der Waals surface area contributed by atoms with Gasteiger partial charge in [0, 0.05) is 23.4 Å². The van der Waals surface area contributed by atoms with Crippen LogP contribution in [0.25, 0.3) is 0 Å². The van der Waals surface area contributed by atoms with E-state index in [9.17, 15) is 4.79 Å². The van der Waals surface area contributed by atoms with Crippen LogP contribution in [0.3, 0.4) is 0 Å². The zero-order valence-corrected chi connectivity index (χ0v) is 8.02. The number of rotatable bonds is 1. The lowest BCUT2D eigenvalue weighted by Crippen LogP contribution is -1.94. The van der Waals surface area contributed by atoms with Crippen molar-refractivity contribution < 1.29 is 9.53 Å². The molecule has 2 rings (SSSR count). The summed E-state index contributed by atoms with van der Waals surface area (Å²) in [5, 5.41) is 0.668. The summed E-state index contributed by atoms with van der Waals surface area (Å²) in [5.74, 6) is 0.978. The van der Waals surface area contributed by atoms with Crippen molar-refractivity contribution >= 4 is 17.4 Å². The summed E-state index contributed by atoms with van der Waals surface area (Å²) < 4.78 is 5.15. The number of benzene rings is 1. The number of carbonyl (C=O) groups excluding carboxylic acids is 1. The fourth-order valence-corrected chi connectivity index (χ4v) is 1.92. The zero-order valence-electron chi connectivity index (χ0n) is 7.26. The molecule has 0 saturated heterocycles. The lowest BCUT2D eigenvalue weighted by atomic mass is 10.1. The summed E-state index contributed by atoms with van der Waals surface area (Å²) in [6, 6.07) is 3.58. The van der Waals surface area contributed by atoms with Crippen molar-refractivity contribution in [2.45, 2.75) is 12.8 Å². The van der Waals surface area contributed by atoms with E-state index in [4.69, 9.17) is 16.3 Å². The summed E-state index contributed by atoms with van der Waals surface area (Å²) in [6.45, 7) is 0. The van der Waals surface area contributed by atoms with Gasteiger partial charge in [0.25, 0.3) is 0 Å². The van der Waals surface area contributed by atoms with Gasteiger partial charge in [-0.2, -0.15) is 0 Å². The van der Waals surface area contributed by atoms with Gasteiger partial charge in [0.1, 0.15) is 11.5 Å². The molecule has 0 aromatic heterocycles. The Balaban J connectivity index is 2.58. The third-order valence-corrected chi connectivity index (χ3v) is 2.65. The highest BCUT2D eigenvalue weighted by Crippen LogP contribution is 2.33. The predicted molar refractivity (Wildman–Crippen MR) is 50.4 cm³/mol. The number of carbonyl (C=O) groups is 1.